The molecule has 0 atom stereocenters. The van der Waals surface area contributed by atoms with Crippen LogP contribution >= 0.6 is 15.9 Å². The number of guanidine groups is 1. The Hall–Kier alpha value is -1.07. The molecule has 1 aliphatic rings. The van der Waals surface area contributed by atoms with E-state index in [2.05, 4.69) is 25.8 Å². The van der Waals surface area contributed by atoms with Crippen LogP contribution in [0.15, 0.2) is 33.7 Å². The molecule has 4 nitrogen and oxygen atoms in total. The number of nitrogens with two attached hydrogens (primary N) is 1. The van der Waals surface area contributed by atoms with Crippen molar-refractivity contribution >= 4 is 21.9 Å². The van der Waals surface area contributed by atoms with Crippen LogP contribution in [0.2, 0.25) is 0 Å². The van der Waals surface area contributed by atoms with Gasteiger partial charge in [-0.3, -0.25) is 0 Å². The van der Waals surface area contributed by atoms with Crippen molar-refractivity contribution in [2.24, 2.45) is 10.7 Å². The van der Waals surface area contributed by atoms with Crippen molar-refractivity contribution in [3.63, 3.8) is 0 Å². The van der Waals surface area contributed by atoms with Gasteiger partial charge in [0.05, 0.1) is 19.8 Å². The second-order valence-corrected chi connectivity index (χ2v) is 4.82. The van der Waals surface area contributed by atoms with Gasteiger partial charge in [-0.1, -0.05) is 28.1 Å². The summed E-state index contributed by atoms with van der Waals surface area (Å²) in [5.74, 6) is 0.608. The molecule has 0 unspecified atom stereocenters. The lowest BCUT2D eigenvalue weighted by atomic mass is 10.2. The second-order valence-electron chi connectivity index (χ2n) is 3.90. The lowest BCUT2D eigenvalue weighted by Gasteiger charge is -2.27. The van der Waals surface area contributed by atoms with Gasteiger partial charge in [-0.2, -0.15) is 0 Å². The van der Waals surface area contributed by atoms with E-state index in [4.69, 9.17) is 10.5 Å². The Labute approximate surface area is 110 Å². The molecule has 2 rings (SSSR count). The van der Waals surface area contributed by atoms with Crippen LogP contribution in [0.25, 0.3) is 0 Å². The fourth-order valence-electron chi connectivity index (χ4n) is 1.65. The number of ether oxygens (including phenoxy) is 1. The van der Waals surface area contributed by atoms with Crippen molar-refractivity contribution in [3.8, 4) is 0 Å². The summed E-state index contributed by atoms with van der Waals surface area (Å²) in [7, 11) is 0. The van der Waals surface area contributed by atoms with Crippen LogP contribution in [0, 0.1) is 0 Å². The average Bonchev–Trinajstić information content (AvgIpc) is 2.39. The van der Waals surface area contributed by atoms with Crippen molar-refractivity contribution in [2.75, 3.05) is 26.3 Å². The molecule has 1 saturated heterocycles. The molecule has 1 heterocycles. The zero-order valence-corrected chi connectivity index (χ0v) is 11.2. The van der Waals surface area contributed by atoms with Crippen LogP contribution in [0.5, 0.6) is 0 Å². The number of benzene rings is 1. The molecule has 1 aliphatic heterocycles. The number of morpholine rings is 1. The fraction of sp³-hybridized carbons (Fsp3) is 0.417. The van der Waals surface area contributed by atoms with Gasteiger partial charge < -0.3 is 15.4 Å². The number of rotatable bonds is 2. The lowest BCUT2D eigenvalue weighted by molar-refractivity contribution is 0.0674. The minimum absolute atomic E-state index is 0.608. The highest BCUT2D eigenvalue weighted by Gasteiger charge is 2.11. The largest absolute Gasteiger partial charge is 0.378 e. The van der Waals surface area contributed by atoms with Crippen LogP contribution in [0.4, 0.5) is 0 Å². The third-order valence-corrected chi connectivity index (χ3v) is 3.20. The van der Waals surface area contributed by atoms with E-state index in [-0.39, 0.29) is 0 Å². The Bertz CT molecular complexity index is 385. The monoisotopic (exact) mass is 297 g/mol. The summed E-state index contributed by atoms with van der Waals surface area (Å²) in [5, 5.41) is 0. The Balaban J connectivity index is 1.92. The minimum atomic E-state index is 0.608. The first-order valence-electron chi connectivity index (χ1n) is 5.63. The van der Waals surface area contributed by atoms with E-state index in [1.165, 1.54) is 0 Å². The van der Waals surface area contributed by atoms with Crippen molar-refractivity contribution in [2.45, 2.75) is 6.54 Å². The molecule has 0 spiro atoms. The predicted molar refractivity (Wildman–Crippen MR) is 71.9 cm³/mol. The Morgan fingerprint density at radius 1 is 1.29 bits per heavy atom. The van der Waals surface area contributed by atoms with Gasteiger partial charge in [-0.05, 0) is 17.7 Å². The highest BCUT2D eigenvalue weighted by molar-refractivity contribution is 9.10. The Morgan fingerprint density at radius 3 is 2.59 bits per heavy atom. The van der Waals surface area contributed by atoms with E-state index < -0.39 is 0 Å². The fourth-order valence-corrected chi connectivity index (χ4v) is 1.92. The lowest BCUT2D eigenvalue weighted by Crippen LogP contribution is -2.44. The van der Waals surface area contributed by atoms with Crippen LogP contribution in [-0.4, -0.2) is 37.2 Å². The van der Waals surface area contributed by atoms with Crippen LogP contribution in [0.3, 0.4) is 0 Å². The maximum absolute atomic E-state index is 5.94. The molecule has 2 N–H and O–H groups in total. The Morgan fingerprint density at radius 2 is 1.94 bits per heavy atom. The molecule has 1 aromatic rings. The summed E-state index contributed by atoms with van der Waals surface area (Å²) >= 11 is 3.41. The topological polar surface area (TPSA) is 50.8 Å². The van der Waals surface area contributed by atoms with Gasteiger partial charge in [0, 0.05) is 17.6 Å². The first kappa shape index (κ1) is 12.4. The molecular formula is C12H16BrN3O. The first-order chi connectivity index (χ1) is 8.25. The number of halogens is 1. The van der Waals surface area contributed by atoms with Gasteiger partial charge in [0.1, 0.15) is 0 Å². The van der Waals surface area contributed by atoms with E-state index in [1.54, 1.807) is 0 Å². The third-order valence-electron chi connectivity index (χ3n) is 2.67. The number of aliphatic imine (C=N–C) groups is 1. The van der Waals surface area contributed by atoms with E-state index in [0.717, 1.165) is 36.3 Å². The predicted octanol–water partition coefficient (Wildman–Crippen LogP) is 1.60. The number of hydrogen-bond donors (Lipinski definition) is 1. The molecule has 0 aromatic heterocycles. The molecule has 0 amide bonds. The summed E-state index contributed by atoms with van der Waals surface area (Å²) in [6, 6.07) is 8.10. The average molecular weight is 298 g/mol. The van der Waals surface area contributed by atoms with Crippen molar-refractivity contribution < 1.29 is 4.74 Å². The molecule has 0 bridgehead atoms. The SMILES string of the molecule is NC(=NCc1ccc(Br)cc1)N1CCOCC1. The van der Waals surface area contributed by atoms with Crippen molar-refractivity contribution in [3.05, 3.63) is 34.3 Å². The summed E-state index contributed by atoms with van der Waals surface area (Å²) in [4.78, 5) is 6.46. The van der Waals surface area contributed by atoms with Gasteiger partial charge >= 0.3 is 0 Å². The quantitative estimate of drug-likeness (QED) is 0.666. The first-order valence-corrected chi connectivity index (χ1v) is 6.42. The maximum atomic E-state index is 5.94. The molecule has 5 heteroatoms. The number of nitrogens with zero attached hydrogens (tertiary/aromatic N) is 2. The number of hydrogen-bond acceptors (Lipinski definition) is 2. The Kier molecular flexibility index (Phi) is 4.39. The van der Waals surface area contributed by atoms with E-state index in [0.29, 0.717) is 12.5 Å². The molecule has 17 heavy (non-hydrogen) atoms. The smallest absolute Gasteiger partial charge is 0.191 e. The molecule has 0 radical (unpaired) electrons. The highest BCUT2D eigenvalue weighted by atomic mass is 79.9. The standard InChI is InChI=1S/C12H16BrN3O/c13-11-3-1-10(2-4-11)9-15-12(14)16-5-7-17-8-6-16/h1-4H,5-9H2,(H2,14,15). The van der Waals surface area contributed by atoms with Gasteiger partial charge in [0.15, 0.2) is 5.96 Å². The maximum Gasteiger partial charge on any atom is 0.191 e. The highest BCUT2D eigenvalue weighted by Crippen LogP contribution is 2.11. The van der Waals surface area contributed by atoms with Crippen LogP contribution < -0.4 is 5.73 Å². The summed E-state index contributed by atoms with van der Waals surface area (Å²) in [6.07, 6.45) is 0. The van der Waals surface area contributed by atoms with Gasteiger partial charge in [0.25, 0.3) is 0 Å². The summed E-state index contributed by atoms with van der Waals surface area (Å²) < 4.78 is 6.34. The molecular weight excluding hydrogens is 282 g/mol. The van der Waals surface area contributed by atoms with Crippen LogP contribution in [-0.2, 0) is 11.3 Å². The zero-order valence-electron chi connectivity index (χ0n) is 9.60. The summed E-state index contributed by atoms with van der Waals surface area (Å²) in [6.45, 7) is 3.74. The third kappa shape index (κ3) is 3.71. The molecule has 0 aliphatic carbocycles. The van der Waals surface area contributed by atoms with E-state index in [9.17, 15) is 0 Å². The van der Waals surface area contributed by atoms with E-state index in [1.807, 2.05) is 24.3 Å². The zero-order chi connectivity index (χ0) is 12.1. The van der Waals surface area contributed by atoms with Crippen molar-refractivity contribution in [1.29, 1.82) is 0 Å². The van der Waals surface area contributed by atoms with Crippen LogP contribution in [0.1, 0.15) is 5.56 Å². The molecule has 1 aromatic carbocycles. The molecule has 1 fully saturated rings. The van der Waals surface area contributed by atoms with Gasteiger partial charge in [0.2, 0.25) is 0 Å². The van der Waals surface area contributed by atoms with Gasteiger partial charge in [-0.15, -0.1) is 0 Å². The van der Waals surface area contributed by atoms with E-state index >= 15 is 0 Å². The molecule has 0 saturated carbocycles. The minimum Gasteiger partial charge on any atom is -0.378 e. The van der Waals surface area contributed by atoms with Crippen molar-refractivity contribution in [1.82, 2.24) is 4.90 Å². The van der Waals surface area contributed by atoms with Gasteiger partial charge in [-0.25, -0.2) is 4.99 Å². The second kappa shape index (κ2) is 6.02. The molecule has 92 valence electrons. The normalized spacial score (nSPS) is 17.2. The summed E-state index contributed by atoms with van der Waals surface area (Å²) in [5.41, 5.74) is 7.09.